The molecule has 0 saturated carbocycles. The zero-order valence-electron chi connectivity index (χ0n) is 17.2. The molecule has 1 atom stereocenters. The number of rotatable bonds is 7. The van der Waals surface area contributed by atoms with Gasteiger partial charge in [-0.05, 0) is 56.2 Å². The van der Waals surface area contributed by atoms with Crippen LogP contribution in [0.2, 0.25) is 0 Å². The minimum atomic E-state index is -0.908. The molecule has 0 saturated heterocycles. The van der Waals surface area contributed by atoms with Gasteiger partial charge in [0, 0.05) is 12.6 Å². The van der Waals surface area contributed by atoms with Gasteiger partial charge in [0.1, 0.15) is 18.0 Å². The second-order valence-corrected chi connectivity index (χ2v) is 7.59. The van der Waals surface area contributed by atoms with Gasteiger partial charge >= 0.3 is 12.0 Å². The van der Waals surface area contributed by atoms with Gasteiger partial charge in [-0.3, -0.25) is 4.79 Å². The average Bonchev–Trinajstić information content (AvgIpc) is 2.70. The number of hydrogen-bond acceptors (Lipinski definition) is 4. The van der Waals surface area contributed by atoms with Gasteiger partial charge in [0.25, 0.3) is 5.91 Å². The van der Waals surface area contributed by atoms with Gasteiger partial charge in [-0.25, -0.2) is 11.4 Å². The van der Waals surface area contributed by atoms with Crippen LogP contribution in [0, 0.1) is 6.57 Å². The van der Waals surface area contributed by atoms with Crippen LogP contribution in [0.5, 0.6) is 5.75 Å². The zero-order chi connectivity index (χ0) is 21.4. The highest BCUT2D eigenvalue weighted by Crippen LogP contribution is 2.20. The maximum Gasteiger partial charge on any atom is 0.390 e. The van der Waals surface area contributed by atoms with Gasteiger partial charge < -0.3 is 19.6 Å². The summed E-state index contributed by atoms with van der Waals surface area (Å²) in [6.45, 7) is 13.3. The molecule has 1 unspecified atom stereocenters. The van der Waals surface area contributed by atoms with Crippen molar-refractivity contribution in [3.63, 3.8) is 0 Å². The maximum atomic E-state index is 12.3. The second-order valence-electron chi connectivity index (χ2n) is 7.59. The van der Waals surface area contributed by atoms with Crippen molar-refractivity contribution in [2.75, 3.05) is 7.05 Å². The van der Waals surface area contributed by atoms with Gasteiger partial charge in [-0.2, -0.15) is 0 Å². The molecule has 6 heteroatoms. The molecular weight excluding hydrogens is 368 g/mol. The van der Waals surface area contributed by atoms with Crippen LogP contribution in [-0.2, 0) is 22.6 Å². The molecule has 0 radical (unpaired) electrons. The van der Waals surface area contributed by atoms with Crippen molar-refractivity contribution in [1.29, 1.82) is 0 Å². The number of nitrogens with zero attached hydrogens (tertiary/aromatic N) is 1. The van der Waals surface area contributed by atoms with E-state index >= 15 is 0 Å². The van der Waals surface area contributed by atoms with Crippen LogP contribution in [0.4, 0.5) is 0 Å². The molecule has 0 aromatic heterocycles. The van der Waals surface area contributed by atoms with Crippen molar-refractivity contribution < 1.29 is 19.1 Å². The Morgan fingerprint density at radius 1 is 1.03 bits per heavy atom. The minimum absolute atomic E-state index is 0.0528. The normalized spacial score (nSPS) is 11.8. The average molecular weight is 394 g/mol. The standard InChI is InChI=1S/C23H26N2O4/c1-23(2,3)29-19-12-8-16(9-13-19)14-20(24-4)22(27)28-15-17-6-10-18(11-7-17)21(26)25-5/h6-13,20H,14-15H2,1-3,5H3,(H,25,26). The molecule has 0 aliphatic rings. The van der Waals surface area contributed by atoms with Crippen LogP contribution < -0.4 is 10.1 Å². The Kier molecular flexibility index (Phi) is 7.38. The van der Waals surface area contributed by atoms with Crippen LogP contribution in [0.1, 0.15) is 42.3 Å². The van der Waals surface area contributed by atoms with Crippen molar-refractivity contribution in [1.82, 2.24) is 5.32 Å². The fraction of sp³-hybridized carbons (Fsp3) is 0.348. The molecule has 0 fully saturated rings. The first-order chi connectivity index (χ1) is 13.7. The van der Waals surface area contributed by atoms with Crippen molar-refractivity contribution in [3.05, 3.63) is 76.6 Å². The summed E-state index contributed by atoms with van der Waals surface area (Å²) in [6.07, 6.45) is 0.272. The van der Waals surface area contributed by atoms with E-state index in [0.29, 0.717) is 5.56 Å². The molecule has 6 nitrogen and oxygen atoms in total. The Hall–Kier alpha value is -3.33. The molecule has 0 aliphatic carbocycles. The quantitative estimate of drug-likeness (QED) is 0.573. The van der Waals surface area contributed by atoms with Gasteiger partial charge in [0.15, 0.2) is 0 Å². The Morgan fingerprint density at radius 3 is 2.14 bits per heavy atom. The van der Waals surface area contributed by atoms with Gasteiger partial charge in [0.2, 0.25) is 0 Å². The molecule has 29 heavy (non-hydrogen) atoms. The Morgan fingerprint density at radius 2 is 1.62 bits per heavy atom. The predicted molar refractivity (Wildman–Crippen MR) is 111 cm³/mol. The van der Waals surface area contributed by atoms with Crippen LogP contribution in [0.25, 0.3) is 4.85 Å². The summed E-state index contributed by atoms with van der Waals surface area (Å²) in [4.78, 5) is 27.3. The first-order valence-corrected chi connectivity index (χ1v) is 9.34. The monoisotopic (exact) mass is 394 g/mol. The third-order valence-corrected chi connectivity index (χ3v) is 4.03. The zero-order valence-corrected chi connectivity index (χ0v) is 17.2. The molecule has 0 heterocycles. The lowest BCUT2D eigenvalue weighted by Crippen LogP contribution is -2.23. The number of carbonyl (C=O) groups excluding carboxylic acids is 2. The molecule has 1 N–H and O–H groups in total. The lowest BCUT2D eigenvalue weighted by molar-refractivity contribution is -0.145. The topological polar surface area (TPSA) is 69.0 Å². The third-order valence-electron chi connectivity index (χ3n) is 4.03. The van der Waals surface area contributed by atoms with Crippen molar-refractivity contribution in [2.24, 2.45) is 0 Å². The van der Waals surface area contributed by atoms with E-state index in [0.717, 1.165) is 16.9 Å². The highest BCUT2D eigenvalue weighted by atomic mass is 16.5. The first-order valence-electron chi connectivity index (χ1n) is 9.34. The predicted octanol–water partition coefficient (Wildman–Crippen LogP) is 3.80. The number of nitrogens with one attached hydrogen (secondary N) is 1. The molecule has 2 aromatic carbocycles. The van der Waals surface area contributed by atoms with Crippen LogP contribution in [0.15, 0.2) is 48.5 Å². The van der Waals surface area contributed by atoms with E-state index in [-0.39, 0.29) is 24.5 Å². The summed E-state index contributed by atoms with van der Waals surface area (Å²) >= 11 is 0. The van der Waals surface area contributed by atoms with Gasteiger partial charge in [0.05, 0.1) is 6.42 Å². The smallest absolute Gasteiger partial charge is 0.390 e. The third kappa shape index (κ3) is 6.96. The number of ether oxygens (including phenoxy) is 2. The highest BCUT2D eigenvalue weighted by Gasteiger charge is 2.26. The maximum absolute atomic E-state index is 12.3. The van der Waals surface area contributed by atoms with Crippen LogP contribution in [0.3, 0.4) is 0 Å². The van der Waals surface area contributed by atoms with E-state index < -0.39 is 12.0 Å². The summed E-state index contributed by atoms with van der Waals surface area (Å²) in [5, 5.41) is 2.55. The Balaban J connectivity index is 1.92. The Labute approximate surface area is 171 Å². The van der Waals surface area contributed by atoms with Crippen molar-refractivity contribution in [2.45, 2.75) is 45.4 Å². The van der Waals surface area contributed by atoms with E-state index in [1.807, 2.05) is 45.0 Å². The van der Waals surface area contributed by atoms with Gasteiger partial charge in [-0.1, -0.05) is 24.3 Å². The number of amides is 1. The van der Waals surface area contributed by atoms with E-state index in [2.05, 4.69) is 10.2 Å². The minimum Gasteiger partial charge on any atom is -0.488 e. The molecule has 2 aromatic rings. The molecular formula is C23H26N2O4. The van der Waals surface area contributed by atoms with Gasteiger partial charge in [-0.15, -0.1) is 0 Å². The lowest BCUT2D eigenvalue weighted by Gasteiger charge is -2.21. The summed E-state index contributed by atoms with van der Waals surface area (Å²) < 4.78 is 11.1. The van der Waals surface area contributed by atoms with E-state index in [1.165, 1.54) is 0 Å². The molecule has 152 valence electrons. The Bertz CT molecular complexity index is 875. The number of benzene rings is 2. The molecule has 0 bridgehead atoms. The summed E-state index contributed by atoms with van der Waals surface area (Å²) in [5.74, 6) is -0.00526. The number of esters is 1. The van der Waals surface area contributed by atoms with Crippen LogP contribution >= 0.6 is 0 Å². The number of carbonyl (C=O) groups is 2. The SMILES string of the molecule is [C-]#[N+]C(Cc1ccc(OC(C)(C)C)cc1)C(=O)OCc1ccc(C(=O)NC)cc1. The van der Waals surface area contributed by atoms with Crippen LogP contribution in [-0.4, -0.2) is 30.6 Å². The molecule has 2 rings (SSSR count). The van der Waals surface area contributed by atoms with E-state index in [1.54, 1.807) is 31.3 Å². The van der Waals surface area contributed by atoms with Crippen molar-refractivity contribution >= 4 is 11.9 Å². The lowest BCUT2D eigenvalue weighted by atomic mass is 10.1. The highest BCUT2D eigenvalue weighted by molar-refractivity contribution is 5.93. The molecule has 0 aliphatic heterocycles. The first kappa shape index (κ1) is 22.0. The summed E-state index contributed by atoms with van der Waals surface area (Å²) in [5.41, 5.74) is 1.85. The fourth-order valence-electron chi connectivity index (χ4n) is 2.60. The molecule has 1 amide bonds. The van der Waals surface area contributed by atoms with Crippen molar-refractivity contribution in [3.8, 4) is 5.75 Å². The molecule has 0 spiro atoms. The van der Waals surface area contributed by atoms with E-state index in [4.69, 9.17) is 16.0 Å². The summed E-state index contributed by atoms with van der Waals surface area (Å²) in [6, 6.07) is 13.2. The fourth-order valence-corrected chi connectivity index (χ4v) is 2.60. The van der Waals surface area contributed by atoms with E-state index in [9.17, 15) is 9.59 Å². The number of hydrogen-bond donors (Lipinski definition) is 1. The summed E-state index contributed by atoms with van der Waals surface area (Å²) in [7, 11) is 1.56. The second kappa shape index (κ2) is 9.74. The largest absolute Gasteiger partial charge is 0.488 e.